The lowest BCUT2D eigenvalue weighted by molar-refractivity contribution is 0.742. The zero-order valence-corrected chi connectivity index (χ0v) is 11.0. The van der Waals surface area contributed by atoms with Crippen molar-refractivity contribution < 1.29 is 0 Å². The van der Waals surface area contributed by atoms with Crippen molar-refractivity contribution in [2.24, 2.45) is 0 Å². The lowest BCUT2D eigenvalue weighted by Crippen LogP contribution is -1.97. The average Bonchev–Trinajstić information content (AvgIpc) is 2.69. The molecule has 1 aromatic carbocycles. The summed E-state index contributed by atoms with van der Waals surface area (Å²) in [6, 6.07) is 7.35. The summed E-state index contributed by atoms with van der Waals surface area (Å²) in [6.07, 6.45) is 3.05. The van der Waals surface area contributed by atoms with E-state index in [9.17, 15) is 0 Å². The Morgan fingerprint density at radius 3 is 2.53 bits per heavy atom. The summed E-state index contributed by atoms with van der Waals surface area (Å²) in [5.41, 5.74) is 0.870. The zero-order valence-electron chi connectivity index (χ0n) is 9.53. The average molecular weight is 270 g/mol. The highest BCUT2D eigenvalue weighted by Crippen LogP contribution is 2.17. The fourth-order valence-corrected chi connectivity index (χ4v) is 1.88. The molecule has 0 spiro atoms. The SMILES string of the molecule is CCCCc1nc(Cl)n(-c2ccc(Cl)cc2)n1. The predicted octanol–water partition coefficient (Wildman–Crippen LogP) is 3.92. The van der Waals surface area contributed by atoms with Crippen LogP contribution in [0.2, 0.25) is 10.3 Å². The first-order chi connectivity index (χ1) is 8.20. The summed E-state index contributed by atoms with van der Waals surface area (Å²) in [6.45, 7) is 2.14. The van der Waals surface area contributed by atoms with E-state index >= 15 is 0 Å². The second-order valence-electron chi connectivity index (χ2n) is 3.79. The number of halogens is 2. The van der Waals surface area contributed by atoms with Crippen LogP contribution in [0, 0.1) is 0 Å². The van der Waals surface area contributed by atoms with Crippen molar-refractivity contribution in [1.29, 1.82) is 0 Å². The van der Waals surface area contributed by atoms with Gasteiger partial charge in [0.2, 0.25) is 5.28 Å². The minimum absolute atomic E-state index is 0.387. The fourth-order valence-electron chi connectivity index (χ4n) is 1.52. The van der Waals surface area contributed by atoms with Gasteiger partial charge in [0, 0.05) is 11.4 Å². The maximum Gasteiger partial charge on any atom is 0.225 e. The number of unbranched alkanes of at least 4 members (excludes halogenated alkanes) is 1. The molecule has 3 nitrogen and oxygen atoms in total. The van der Waals surface area contributed by atoms with E-state index in [1.165, 1.54) is 0 Å². The van der Waals surface area contributed by atoms with Gasteiger partial charge in [0.05, 0.1) is 5.69 Å². The quantitative estimate of drug-likeness (QED) is 0.843. The number of aromatic nitrogens is 3. The van der Waals surface area contributed by atoms with Crippen molar-refractivity contribution in [1.82, 2.24) is 14.8 Å². The van der Waals surface area contributed by atoms with Crippen molar-refractivity contribution in [2.45, 2.75) is 26.2 Å². The number of aryl methyl sites for hydroxylation is 1. The summed E-state index contributed by atoms with van der Waals surface area (Å²) in [4.78, 5) is 4.23. The van der Waals surface area contributed by atoms with Gasteiger partial charge in [-0.2, -0.15) is 0 Å². The molecule has 0 saturated carbocycles. The van der Waals surface area contributed by atoms with Crippen LogP contribution in [0.1, 0.15) is 25.6 Å². The van der Waals surface area contributed by atoms with Gasteiger partial charge < -0.3 is 0 Å². The Bertz CT molecular complexity index is 491. The van der Waals surface area contributed by atoms with E-state index in [4.69, 9.17) is 23.2 Å². The third-order valence-corrected chi connectivity index (χ3v) is 2.93. The molecule has 0 aliphatic rings. The molecule has 5 heteroatoms. The summed E-state index contributed by atoms with van der Waals surface area (Å²) >= 11 is 11.9. The van der Waals surface area contributed by atoms with E-state index < -0.39 is 0 Å². The molecular formula is C12H13Cl2N3. The van der Waals surface area contributed by atoms with E-state index in [1.807, 2.05) is 12.1 Å². The molecule has 1 aromatic heterocycles. The Balaban J connectivity index is 2.26. The third-order valence-electron chi connectivity index (χ3n) is 2.44. The van der Waals surface area contributed by atoms with Crippen molar-refractivity contribution in [2.75, 3.05) is 0 Å². The van der Waals surface area contributed by atoms with Crippen LogP contribution in [0.3, 0.4) is 0 Å². The largest absolute Gasteiger partial charge is 0.225 e. The summed E-state index contributed by atoms with van der Waals surface area (Å²) in [5, 5.41) is 5.46. The molecule has 1 heterocycles. The van der Waals surface area contributed by atoms with Crippen LogP contribution in [-0.2, 0) is 6.42 Å². The first-order valence-corrected chi connectivity index (χ1v) is 6.33. The maximum atomic E-state index is 6.05. The molecule has 90 valence electrons. The molecule has 0 amide bonds. The van der Waals surface area contributed by atoms with Crippen molar-refractivity contribution in [3.8, 4) is 5.69 Å². The highest BCUT2D eigenvalue weighted by molar-refractivity contribution is 6.30. The van der Waals surface area contributed by atoms with Gasteiger partial charge in [0.15, 0.2) is 5.82 Å². The van der Waals surface area contributed by atoms with Crippen LogP contribution in [0.15, 0.2) is 24.3 Å². The molecule has 0 aliphatic heterocycles. The van der Waals surface area contributed by atoms with Gasteiger partial charge in [-0.1, -0.05) is 24.9 Å². The predicted molar refractivity (Wildman–Crippen MR) is 70.0 cm³/mol. The second kappa shape index (κ2) is 5.52. The number of nitrogens with zero attached hydrogens (tertiary/aromatic N) is 3. The molecule has 2 aromatic rings. The molecule has 0 saturated heterocycles. The van der Waals surface area contributed by atoms with E-state index in [-0.39, 0.29) is 0 Å². The van der Waals surface area contributed by atoms with Crippen LogP contribution in [0.4, 0.5) is 0 Å². The van der Waals surface area contributed by atoms with Gasteiger partial charge in [-0.3, -0.25) is 0 Å². The minimum Gasteiger partial charge on any atom is -0.203 e. The molecule has 0 bridgehead atoms. The second-order valence-corrected chi connectivity index (χ2v) is 4.56. The van der Waals surface area contributed by atoms with Gasteiger partial charge in [-0.15, -0.1) is 5.10 Å². The Labute approximate surface area is 110 Å². The molecule has 2 rings (SSSR count). The molecule has 17 heavy (non-hydrogen) atoms. The minimum atomic E-state index is 0.387. The highest BCUT2D eigenvalue weighted by Gasteiger charge is 2.08. The third kappa shape index (κ3) is 2.99. The van der Waals surface area contributed by atoms with Crippen molar-refractivity contribution in [3.05, 3.63) is 40.4 Å². The van der Waals surface area contributed by atoms with Crippen LogP contribution >= 0.6 is 23.2 Å². The summed E-state index contributed by atoms with van der Waals surface area (Å²) in [7, 11) is 0. The Hall–Kier alpha value is -1.06. The smallest absolute Gasteiger partial charge is 0.203 e. The van der Waals surface area contributed by atoms with Gasteiger partial charge in [-0.25, -0.2) is 9.67 Å². The lowest BCUT2D eigenvalue weighted by Gasteiger charge is -2.00. The topological polar surface area (TPSA) is 30.7 Å². The summed E-state index contributed by atoms with van der Waals surface area (Å²) < 4.78 is 1.63. The number of benzene rings is 1. The van der Waals surface area contributed by atoms with Gasteiger partial charge in [0.1, 0.15) is 0 Å². The molecule has 0 fully saturated rings. The van der Waals surface area contributed by atoms with Gasteiger partial charge >= 0.3 is 0 Å². The molecule has 0 N–H and O–H groups in total. The first-order valence-electron chi connectivity index (χ1n) is 5.58. The lowest BCUT2D eigenvalue weighted by atomic mass is 10.2. The number of rotatable bonds is 4. The molecule has 0 atom stereocenters. The highest BCUT2D eigenvalue weighted by atomic mass is 35.5. The standard InChI is InChI=1S/C12H13Cl2N3/c1-2-3-4-11-15-12(14)17(16-11)10-7-5-9(13)6-8-10/h5-8H,2-4H2,1H3. The van der Waals surface area contributed by atoms with Crippen LogP contribution in [0.25, 0.3) is 5.69 Å². The van der Waals surface area contributed by atoms with Crippen LogP contribution in [-0.4, -0.2) is 14.8 Å². The van der Waals surface area contributed by atoms with E-state index in [0.29, 0.717) is 10.3 Å². The number of hydrogen-bond donors (Lipinski definition) is 0. The monoisotopic (exact) mass is 269 g/mol. The maximum absolute atomic E-state index is 6.05. The molecule has 0 radical (unpaired) electrons. The van der Waals surface area contributed by atoms with Crippen LogP contribution < -0.4 is 0 Å². The van der Waals surface area contributed by atoms with Crippen molar-refractivity contribution in [3.63, 3.8) is 0 Å². The zero-order chi connectivity index (χ0) is 12.3. The fraction of sp³-hybridized carbons (Fsp3) is 0.333. The normalized spacial score (nSPS) is 10.8. The van der Waals surface area contributed by atoms with Crippen molar-refractivity contribution >= 4 is 23.2 Å². The van der Waals surface area contributed by atoms with Crippen LogP contribution in [0.5, 0.6) is 0 Å². The molecule has 0 aliphatic carbocycles. The van der Waals surface area contributed by atoms with E-state index in [1.54, 1.807) is 16.8 Å². The molecular weight excluding hydrogens is 257 g/mol. The molecule has 0 unspecified atom stereocenters. The number of hydrogen-bond acceptors (Lipinski definition) is 2. The van der Waals surface area contributed by atoms with Gasteiger partial charge in [0.25, 0.3) is 0 Å². The van der Waals surface area contributed by atoms with E-state index in [2.05, 4.69) is 17.0 Å². The van der Waals surface area contributed by atoms with E-state index in [0.717, 1.165) is 30.8 Å². The summed E-state index contributed by atoms with van der Waals surface area (Å²) in [5.74, 6) is 0.784. The Morgan fingerprint density at radius 1 is 1.18 bits per heavy atom. The Kier molecular flexibility index (Phi) is 4.02. The van der Waals surface area contributed by atoms with Gasteiger partial charge in [-0.05, 0) is 42.3 Å². The Morgan fingerprint density at radius 2 is 1.88 bits per heavy atom. The first kappa shape index (κ1) is 12.4.